The molecule has 2 atom stereocenters. The maximum absolute atomic E-state index is 12.1. The number of imidazole rings is 1. The van der Waals surface area contributed by atoms with Crippen LogP contribution in [0.2, 0.25) is 0 Å². The summed E-state index contributed by atoms with van der Waals surface area (Å²) in [4.78, 5) is 19.6. The molecule has 23 heavy (non-hydrogen) atoms. The van der Waals surface area contributed by atoms with Crippen molar-refractivity contribution in [2.45, 2.75) is 19.4 Å². The number of amides is 1. The van der Waals surface area contributed by atoms with Gasteiger partial charge >= 0.3 is 0 Å². The van der Waals surface area contributed by atoms with Crippen molar-refractivity contribution in [3.8, 4) is 0 Å². The average Bonchev–Trinajstić information content (AvgIpc) is 3.06. The smallest absolute Gasteiger partial charge is 0.242 e. The highest BCUT2D eigenvalue weighted by atomic mass is 32.2. The normalized spacial score (nSPS) is 21.2. The topological polar surface area (TPSA) is 104 Å². The van der Waals surface area contributed by atoms with Gasteiger partial charge in [0.25, 0.3) is 0 Å². The Morgan fingerprint density at radius 3 is 2.91 bits per heavy atom. The number of hydrogen-bond donors (Lipinski definition) is 3. The average molecular weight is 336 g/mol. The largest absolute Gasteiger partial charge is 0.354 e. The van der Waals surface area contributed by atoms with Crippen LogP contribution >= 0.6 is 0 Å². The maximum Gasteiger partial charge on any atom is 0.242 e. The van der Waals surface area contributed by atoms with Gasteiger partial charge in [-0.2, -0.15) is 0 Å². The zero-order valence-electron chi connectivity index (χ0n) is 12.9. The molecule has 1 saturated heterocycles. The summed E-state index contributed by atoms with van der Waals surface area (Å²) >= 11 is 0. The predicted molar refractivity (Wildman–Crippen MR) is 88.9 cm³/mol. The molecular weight excluding hydrogens is 316 g/mol. The quantitative estimate of drug-likeness (QED) is 0.753. The lowest BCUT2D eigenvalue weighted by molar-refractivity contribution is -0.121. The van der Waals surface area contributed by atoms with Crippen molar-refractivity contribution in [1.82, 2.24) is 15.3 Å². The van der Waals surface area contributed by atoms with Gasteiger partial charge in [-0.25, -0.2) is 13.4 Å². The Kier molecular flexibility index (Phi) is 4.25. The number of benzene rings is 1. The Labute approximate surface area is 134 Å². The number of aromatic nitrogens is 2. The van der Waals surface area contributed by atoms with Gasteiger partial charge in [0.15, 0.2) is 9.84 Å². The number of nitrogens with one attached hydrogen (secondary N) is 3. The first-order chi connectivity index (χ1) is 10.9. The first-order valence-corrected chi connectivity index (χ1v) is 9.44. The van der Waals surface area contributed by atoms with Crippen molar-refractivity contribution in [3.05, 3.63) is 24.3 Å². The molecule has 8 heteroatoms. The molecule has 1 amide bonds. The number of fused-ring (bicyclic) bond motifs is 1. The van der Waals surface area contributed by atoms with E-state index in [1.54, 1.807) is 6.92 Å². The number of nitrogens with zero attached hydrogens (tertiary/aromatic N) is 1. The molecule has 7 nitrogen and oxygen atoms in total. The van der Waals surface area contributed by atoms with Gasteiger partial charge in [-0.3, -0.25) is 4.79 Å². The fraction of sp³-hybridized carbons (Fsp3) is 0.467. The fourth-order valence-electron chi connectivity index (χ4n) is 2.72. The second-order valence-corrected chi connectivity index (χ2v) is 8.21. The molecule has 0 radical (unpaired) electrons. The van der Waals surface area contributed by atoms with Crippen LogP contribution in [0.1, 0.15) is 13.3 Å². The molecule has 0 spiro atoms. The Morgan fingerprint density at radius 2 is 2.22 bits per heavy atom. The standard InChI is InChI=1S/C15H20N4O3S/c1-10(14(20)16-8-11-6-7-23(21,22)9-11)17-15-18-12-4-2-3-5-13(12)19-15/h2-5,10-11H,6-9H2,1H3,(H,16,20)(H2,17,18,19). The first kappa shape index (κ1) is 15.8. The van der Waals surface area contributed by atoms with E-state index in [0.29, 0.717) is 18.9 Å². The summed E-state index contributed by atoms with van der Waals surface area (Å²) in [6.07, 6.45) is 0.619. The summed E-state index contributed by atoms with van der Waals surface area (Å²) in [6.45, 7) is 2.14. The third-order valence-electron chi connectivity index (χ3n) is 4.03. The Balaban J connectivity index is 1.53. The van der Waals surface area contributed by atoms with E-state index < -0.39 is 15.9 Å². The second-order valence-electron chi connectivity index (χ2n) is 5.98. The molecule has 1 aliphatic heterocycles. The van der Waals surface area contributed by atoms with Gasteiger partial charge in [-0.1, -0.05) is 12.1 Å². The Hall–Kier alpha value is -2.09. The molecule has 2 aromatic rings. The van der Waals surface area contributed by atoms with E-state index in [1.807, 2.05) is 24.3 Å². The minimum absolute atomic E-state index is 0.0161. The molecule has 3 rings (SSSR count). The zero-order chi connectivity index (χ0) is 16.4. The van der Waals surface area contributed by atoms with E-state index in [1.165, 1.54) is 0 Å². The second kappa shape index (κ2) is 6.19. The number of H-pyrrole nitrogens is 1. The highest BCUT2D eigenvalue weighted by Gasteiger charge is 2.28. The van der Waals surface area contributed by atoms with Crippen LogP contribution in [0.3, 0.4) is 0 Å². The van der Waals surface area contributed by atoms with Crippen LogP contribution < -0.4 is 10.6 Å². The van der Waals surface area contributed by atoms with Gasteiger partial charge in [0, 0.05) is 6.54 Å². The summed E-state index contributed by atoms with van der Waals surface area (Å²) in [5, 5.41) is 5.83. The zero-order valence-corrected chi connectivity index (χ0v) is 13.7. The number of para-hydroxylation sites is 2. The van der Waals surface area contributed by atoms with E-state index in [-0.39, 0.29) is 23.3 Å². The lowest BCUT2D eigenvalue weighted by Crippen LogP contribution is -2.40. The van der Waals surface area contributed by atoms with Gasteiger partial charge in [0.05, 0.1) is 22.5 Å². The number of anilines is 1. The number of carbonyl (C=O) groups excluding carboxylic acids is 1. The van der Waals surface area contributed by atoms with Crippen LogP contribution in [-0.2, 0) is 14.6 Å². The number of carbonyl (C=O) groups is 1. The van der Waals surface area contributed by atoms with Crippen molar-refractivity contribution in [3.63, 3.8) is 0 Å². The SMILES string of the molecule is CC(Nc1nc2ccccc2[nH]1)C(=O)NCC1CCS(=O)(=O)C1. The first-order valence-electron chi connectivity index (χ1n) is 7.62. The molecule has 1 fully saturated rings. The van der Waals surface area contributed by atoms with Crippen LogP contribution in [0, 0.1) is 5.92 Å². The van der Waals surface area contributed by atoms with Gasteiger partial charge in [-0.15, -0.1) is 0 Å². The van der Waals surface area contributed by atoms with Crippen molar-refractivity contribution in [2.75, 3.05) is 23.4 Å². The lowest BCUT2D eigenvalue weighted by atomic mass is 10.1. The molecule has 3 N–H and O–H groups in total. The maximum atomic E-state index is 12.1. The summed E-state index contributed by atoms with van der Waals surface area (Å²) in [6, 6.07) is 7.16. The molecule has 1 aliphatic rings. The number of aromatic amines is 1. The number of rotatable bonds is 5. The molecule has 0 aliphatic carbocycles. The van der Waals surface area contributed by atoms with Gasteiger partial charge in [-0.05, 0) is 31.4 Å². The number of sulfone groups is 1. The minimum Gasteiger partial charge on any atom is -0.354 e. The Morgan fingerprint density at radius 1 is 1.43 bits per heavy atom. The third kappa shape index (κ3) is 3.82. The van der Waals surface area contributed by atoms with Crippen molar-refractivity contribution >= 4 is 32.7 Å². The summed E-state index contributed by atoms with van der Waals surface area (Å²) in [5.74, 6) is 0.772. The van der Waals surface area contributed by atoms with Gasteiger partial charge < -0.3 is 15.6 Å². The van der Waals surface area contributed by atoms with Crippen LogP contribution in [0.15, 0.2) is 24.3 Å². The fourth-order valence-corrected chi connectivity index (χ4v) is 4.58. The Bertz CT molecular complexity index is 782. The van der Waals surface area contributed by atoms with Crippen molar-refractivity contribution < 1.29 is 13.2 Å². The van der Waals surface area contributed by atoms with Crippen molar-refractivity contribution in [1.29, 1.82) is 0 Å². The van der Waals surface area contributed by atoms with Crippen molar-refractivity contribution in [2.24, 2.45) is 5.92 Å². The van der Waals surface area contributed by atoms with E-state index >= 15 is 0 Å². The van der Waals surface area contributed by atoms with E-state index in [2.05, 4.69) is 20.6 Å². The van der Waals surface area contributed by atoms with E-state index in [0.717, 1.165) is 11.0 Å². The molecule has 2 unspecified atom stereocenters. The minimum atomic E-state index is -2.91. The highest BCUT2D eigenvalue weighted by molar-refractivity contribution is 7.91. The summed E-state index contributed by atoms with van der Waals surface area (Å²) in [5.41, 5.74) is 1.73. The molecular formula is C15H20N4O3S. The number of hydrogen-bond acceptors (Lipinski definition) is 5. The third-order valence-corrected chi connectivity index (χ3v) is 5.86. The lowest BCUT2D eigenvalue weighted by Gasteiger charge is -2.15. The molecule has 1 aromatic heterocycles. The van der Waals surface area contributed by atoms with Crippen LogP contribution in [0.4, 0.5) is 5.95 Å². The van der Waals surface area contributed by atoms with Gasteiger partial charge in [0.2, 0.25) is 11.9 Å². The summed E-state index contributed by atoms with van der Waals surface area (Å²) in [7, 11) is -2.91. The van der Waals surface area contributed by atoms with Crippen LogP contribution in [0.25, 0.3) is 11.0 Å². The highest BCUT2D eigenvalue weighted by Crippen LogP contribution is 2.17. The predicted octanol–water partition coefficient (Wildman–Crippen LogP) is 0.914. The molecule has 0 bridgehead atoms. The summed E-state index contributed by atoms with van der Waals surface area (Å²) < 4.78 is 22.8. The van der Waals surface area contributed by atoms with Crippen LogP contribution in [0.5, 0.6) is 0 Å². The van der Waals surface area contributed by atoms with E-state index in [4.69, 9.17) is 0 Å². The molecule has 2 heterocycles. The monoisotopic (exact) mass is 336 g/mol. The van der Waals surface area contributed by atoms with E-state index in [9.17, 15) is 13.2 Å². The van der Waals surface area contributed by atoms with Crippen LogP contribution in [-0.4, -0.2) is 48.4 Å². The molecule has 1 aromatic carbocycles. The molecule has 0 saturated carbocycles. The molecule has 124 valence electrons. The van der Waals surface area contributed by atoms with Gasteiger partial charge in [0.1, 0.15) is 6.04 Å².